The molecular formula is C8H21NO. The van der Waals surface area contributed by atoms with Gasteiger partial charge in [-0.2, -0.15) is 0 Å². The number of hydrogen-bond acceptors (Lipinski definition) is 2. The van der Waals surface area contributed by atoms with Crippen LogP contribution in [0.1, 0.15) is 34.1 Å². The molecule has 10 heavy (non-hydrogen) atoms. The van der Waals surface area contributed by atoms with Crippen molar-refractivity contribution in [2.75, 3.05) is 13.2 Å². The van der Waals surface area contributed by atoms with E-state index in [2.05, 4.69) is 6.92 Å². The van der Waals surface area contributed by atoms with Gasteiger partial charge < -0.3 is 10.5 Å². The van der Waals surface area contributed by atoms with Crippen LogP contribution in [0, 0.1) is 0 Å². The van der Waals surface area contributed by atoms with E-state index in [-0.39, 0.29) is 6.04 Å². The molecule has 0 radical (unpaired) electrons. The normalized spacial score (nSPS) is 11.7. The van der Waals surface area contributed by atoms with Gasteiger partial charge in [0.15, 0.2) is 0 Å². The summed E-state index contributed by atoms with van der Waals surface area (Å²) in [6.45, 7) is 9.51. The van der Waals surface area contributed by atoms with E-state index < -0.39 is 0 Å². The standard InChI is InChI=1S/C6H15NO.C2H6/c1-3-6(7)5-8-4-2;1-2/h6H,3-5,7H2,1-2H3;1-2H3. The van der Waals surface area contributed by atoms with E-state index in [1.165, 1.54) is 0 Å². The molecule has 64 valence electrons. The third-order valence-electron chi connectivity index (χ3n) is 1.06. The van der Waals surface area contributed by atoms with Gasteiger partial charge in [0.2, 0.25) is 0 Å². The predicted octanol–water partition coefficient (Wildman–Crippen LogP) is 1.79. The van der Waals surface area contributed by atoms with Gasteiger partial charge in [-0.1, -0.05) is 20.8 Å². The lowest BCUT2D eigenvalue weighted by Gasteiger charge is -2.06. The van der Waals surface area contributed by atoms with Crippen molar-refractivity contribution in [2.24, 2.45) is 5.73 Å². The topological polar surface area (TPSA) is 35.2 Å². The van der Waals surface area contributed by atoms with Gasteiger partial charge in [-0.25, -0.2) is 0 Å². The average molecular weight is 147 g/mol. The summed E-state index contributed by atoms with van der Waals surface area (Å²) in [5.41, 5.74) is 5.53. The number of nitrogens with two attached hydrogens (primary N) is 1. The molecule has 0 spiro atoms. The number of hydrogen-bond donors (Lipinski definition) is 1. The van der Waals surface area contributed by atoms with Crippen LogP contribution in [-0.4, -0.2) is 19.3 Å². The quantitative estimate of drug-likeness (QED) is 0.658. The number of ether oxygens (including phenoxy) is 1. The Morgan fingerprint density at radius 2 is 1.80 bits per heavy atom. The van der Waals surface area contributed by atoms with E-state index in [4.69, 9.17) is 10.5 Å². The fraction of sp³-hybridized carbons (Fsp3) is 1.00. The second kappa shape index (κ2) is 11.7. The summed E-state index contributed by atoms with van der Waals surface area (Å²) in [7, 11) is 0. The van der Waals surface area contributed by atoms with Gasteiger partial charge in [0.05, 0.1) is 6.61 Å². The van der Waals surface area contributed by atoms with Crippen LogP contribution in [0.4, 0.5) is 0 Å². The van der Waals surface area contributed by atoms with Crippen molar-refractivity contribution >= 4 is 0 Å². The number of rotatable bonds is 4. The Labute approximate surface area is 64.8 Å². The minimum Gasteiger partial charge on any atom is -0.380 e. The molecule has 0 rings (SSSR count). The second-order valence-electron chi connectivity index (χ2n) is 1.83. The monoisotopic (exact) mass is 147 g/mol. The predicted molar refractivity (Wildman–Crippen MR) is 46.1 cm³/mol. The van der Waals surface area contributed by atoms with Crippen LogP contribution in [0.3, 0.4) is 0 Å². The molecular weight excluding hydrogens is 126 g/mol. The third-order valence-corrected chi connectivity index (χ3v) is 1.06. The lowest BCUT2D eigenvalue weighted by molar-refractivity contribution is 0.132. The third kappa shape index (κ3) is 10.8. The van der Waals surface area contributed by atoms with Crippen LogP contribution < -0.4 is 5.73 Å². The van der Waals surface area contributed by atoms with Crippen LogP contribution in [0.2, 0.25) is 0 Å². The summed E-state index contributed by atoms with van der Waals surface area (Å²) in [6, 6.07) is 0.231. The lowest BCUT2D eigenvalue weighted by Crippen LogP contribution is -2.24. The molecule has 2 nitrogen and oxygen atoms in total. The molecule has 0 saturated carbocycles. The molecule has 0 aromatic rings. The zero-order chi connectivity index (χ0) is 8.41. The van der Waals surface area contributed by atoms with Crippen molar-refractivity contribution in [2.45, 2.75) is 40.2 Å². The molecule has 0 amide bonds. The average Bonchev–Trinajstić information content (AvgIpc) is 2.04. The molecule has 0 heterocycles. The van der Waals surface area contributed by atoms with Crippen LogP contribution in [0.15, 0.2) is 0 Å². The summed E-state index contributed by atoms with van der Waals surface area (Å²) >= 11 is 0. The minimum absolute atomic E-state index is 0.231. The highest BCUT2D eigenvalue weighted by Crippen LogP contribution is 1.85. The molecule has 0 aliphatic carbocycles. The molecule has 0 saturated heterocycles. The van der Waals surface area contributed by atoms with Crippen LogP contribution in [-0.2, 0) is 4.74 Å². The summed E-state index contributed by atoms with van der Waals surface area (Å²) in [5, 5.41) is 0. The van der Waals surface area contributed by atoms with Crippen molar-refractivity contribution in [1.82, 2.24) is 0 Å². The Balaban J connectivity index is 0. The van der Waals surface area contributed by atoms with Gasteiger partial charge >= 0.3 is 0 Å². The van der Waals surface area contributed by atoms with Gasteiger partial charge in [-0.05, 0) is 13.3 Å². The molecule has 0 aliphatic heterocycles. The molecule has 0 aromatic heterocycles. The Bertz CT molecular complexity index is 48.5. The zero-order valence-corrected chi connectivity index (χ0v) is 7.68. The Morgan fingerprint density at radius 1 is 1.30 bits per heavy atom. The van der Waals surface area contributed by atoms with Gasteiger partial charge in [0.25, 0.3) is 0 Å². The second-order valence-corrected chi connectivity index (χ2v) is 1.83. The highest BCUT2D eigenvalue weighted by Gasteiger charge is 1.94. The first-order valence-corrected chi connectivity index (χ1v) is 4.14. The lowest BCUT2D eigenvalue weighted by atomic mass is 10.3. The molecule has 1 unspecified atom stereocenters. The summed E-state index contributed by atoms with van der Waals surface area (Å²) in [5.74, 6) is 0. The molecule has 1 atom stereocenters. The maximum absolute atomic E-state index is 5.53. The van der Waals surface area contributed by atoms with E-state index in [1.807, 2.05) is 20.8 Å². The van der Waals surface area contributed by atoms with Crippen LogP contribution in [0.5, 0.6) is 0 Å². The van der Waals surface area contributed by atoms with Crippen molar-refractivity contribution in [1.29, 1.82) is 0 Å². The first kappa shape index (κ1) is 12.6. The van der Waals surface area contributed by atoms with E-state index in [0.717, 1.165) is 13.0 Å². The fourth-order valence-corrected chi connectivity index (χ4v) is 0.387. The van der Waals surface area contributed by atoms with Crippen molar-refractivity contribution in [3.05, 3.63) is 0 Å². The fourth-order valence-electron chi connectivity index (χ4n) is 0.387. The largest absolute Gasteiger partial charge is 0.380 e. The molecule has 0 bridgehead atoms. The van der Waals surface area contributed by atoms with E-state index >= 15 is 0 Å². The van der Waals surface area contributed by atoms with Crippen molar-refractivity contribution in [3.63, 3.8) is 0 Å². The van der Waals surface area contributed by atoms with E-state index in [9.17, 15) is 0 Å². The summed E-state index contributed by atoms with van der Waals surface area (Å²) in [4.78, 5) is 0. The van der Waals surface area contributed by atoms with Gasteiger partial charge in [-0.3, -0.25) is 0 Å². The molecule has 2 N–H and O–H groups in total. The maximum atomic E-state index is 5.53. The molecule has 2 heteroatoms. The van der Waals surface area contributed by atoms with Crippen LogP contribution >= 0.6 is 0 Å². The minimum atomic E-state index is 0.231. The Morgan fingerprint density at radius 3 is 2.10 bits per heavy atom. The first-order valence-electron chi connectivity index (χ1n) is 4.14. The van der Waals surface area contributed by atoms with Gasteiger partial charge in [0, 0.05) is 12.6 Å². The highest BCUT2D eigenvalue weighted by atomic mass is 16.5. The maximum Gasteiger partial charge on any atom is 0.0617 e. The smallest absolute Gasteiger partial charge is 0.0617 e. The summed E-state index contributed by atoms with van der Waals surface area (Å²) in [6.07, 6.45) is 1.00. The summed E-state index contributed by atoms with van der Waals surface area (Å²) < 4.78 is 5.06. The molecule has 0 aliphatic rings. The van der Waals surface area contributed by atoms with Gasteiger partial charge in [-0.15, -0.1) is 0 Å². The van der Waals surface area contributed by atoms with Crippen molar-refractivity contribution in [3.8, 4) is 0 Å². The van der Waals surface area contributed by atoms with E-state index in [0.29, 0.717) is 6.61 Å². The van der Waals surface area contributed by atoms with E-state index in [1.54, 1.807) is 0 Å². The SMILES string of the molecule is CC.CCOCC(N)CC. The van der Waals surface area contributed by atoms with Crippen molar-refractivity contribution < 1.29 is 4.74 Å². The Hall–Kier alpha value is -0.0800. The molecule has 0 aromatic carbocycles. The Kier molecular flexibility index (Phi) is 14.7. The van der Waals surface area contributed by atoms with Gasteiger partial charge in [0.1, 0.15) is 0 Å². The zero-order valence-electron chi connectivity index (χ0n) is 7.68. The highest BCUT2D eigenvalue weighted by molar-refractivity contribution is 4.54. The first-order chi connectivity index (χ1) is 4.81. The van der Waals surface area contributed by atoms with Crippen LogP contribution in [0.25, 0.3) is 0 Å². The molecule has 0 fully saturated rings.